The molecule has 0 unspecified atom stereocenters. The van der Waals surface area contributed by atoms with E-state index in [2.05, 4.69) is 37.4 Å². The van der Waals surface area contributed by atoms with Gasteiger partial charge in [0, 0.05) is 40.8 Å². The second-order valence-electron chi connectivity index (χ2n) is 9.06. The molecule has 8 nitrogen and oxygen atoms in total. The van der Waals surface area contributed by atoms with Gasteiger partial charge >= 0.3 is 0 Å². The molecule has 6 rings (SSSR count). The van der Waals surface area contributed by atoms with E-state index in [0.717, 1.165) is 40.5 Å². The summed E-state index contributed by atoms with van der Waals surface area (Å²) >= 11 is 0. The van der Waals surface area contributed by atoms with E-state index in [4.69, 9.17) is 4.98 Å². The molecule has 9 heteroatoms. The summed E-state index contributed by atoms with van der Waals surface area (Å²) in [6, 6.07) is 16.0. The highest BCUT2D eigenvalue weighted by molar-refractivity contribution is 5.99. The third-order valence-corrected chi connectivity index (χ3v) is 6.42. The van der Waals surface area contributed by atoms with Crippen molar-refractivity contribution in [2.75, 3.05) is 5.32 Å². The summed E-state index contributed by atoms with van der Waals surface area (Å²) in [6.07, 6.45) is 7.27. The number of anilines is 1. The maximum absolute atomic E-state index is 14.5. The number of nitrogens with zero attached hydrogens (tertiary/aromatic N) is 4. The SMILES string of the molecule is CCCCC(=O)Nc1cncc(-c2ccc3[nH]nc(-c4cc5c(-c6ccccc6F)nccc5[nH]4)c3n2)c1. The van der Waals surface area contributed by atoms with Crippen LogP contribution in [-0.4, -0.2) is 36.0 Å². The lowest BCUT2D eigenvalue weighted by Gasteiger charge is -2.07. The number of hydrogen-bond acceptors (Lipinski definition) is 5. The van der Waals surface area contributed by atoms with Crippen LogP contribution in [0.3, 0.4) is 0 Å². The van der Waals surface area contributed by atoms with Gasteiger partial charge in [-0.3, -0.25) is 19.9 Å². The molecule has 3 N–H and O–H groups in total. The number of aromatic amines is 2. The van der Waals surface area contributed by atoms with Gasteiger partial charge in [-0.05, 0) is 48.9 Å². The first-order valence-corrected chi connectivity index (χ1v) is 12.4. The number of carbonyl (C=O) groups excluding carboxylic acids is 1. The van der Waals surface area contributed by atoms with Gasteiger partial charge in [0.2, 0.25) is 5.91 Å². The van der Waals surface area contributed by atoms with Crippen LogP contribution >= 0.6 is 0 Å². The zero-order chi connectivity index (χ0) is 26.1. The van der Waals surface area contributed by atoms with Crippen molar-refractivity contribution in [2.24, 2.45) is 0 Å². The van der Waals surface area contributed by atoms with E-state index in [1.54, 1.807) is 36.8 Å². The molecular formula is C29H24FN7O. The molecular weight excluding hydrogens is 481 g/mol. The van der Waals surface area contributed by atoms with Crippen LogP contribution in [0.5, 0.6) is 0 Å². The van der Waals surface area contributed by atoms with E-state index < -0.39 is 0 Å². The van der Waals surface area contributed by atoms with Crippen LogP contribution in [0.1, 0.15) is 26.2 Å². The van der Waals surface area contributed by atoms with Crippen LogP contribution in [-0.2, 0) is 4.79 Å². The summed E-state index contributed by atoms with van der Waals surface area (Å²) in [4.78, 5) is 29.2. The maximum atomic E-state index is 14.5. The van der Waals surface area contributed by atoms with Crippen molar-refractivity contribution < 1.29 is 9.18 Å². The monoisotopic (exact) mass is 505 g/mol. The van der Waals surface area contributed by atoms with E-state index in [-0.39, 0.29) is 11.7 Å². The largest absolute Gasteiger partial charge is 0.353 e. The van der Waals surface area contributed by atoms with E-state index in [1.807, 2.05) is 30.3 Å². The van der Waals surface area contributed by atoms with E-state index >= 15 is 0 Å². The number of carbonyl (C=O) groups is 1. The second-order valence-corrected chi connectivity index (χ2v) is 9.06. The fraction of sp³-hybridized carbons (Fsp3) is 0.138. The number of nitrogens with one attached hydrogen (secondary N) is 3. The Morgan fingerprint density at radius 3 is 2.79 bits per heavy atom. The van der Waals surface area contributed by atoms with E-state index in [9.17, 15) is 9.18 Å². The molecule has 0 radical (unpaired) electrons. The van der Waals surface area contributed by atoms with Crippen LogP contribution in [0.4, 0.5) is 10.1 Å². The van der Waals surface area contributed by atoms with Crippen LogP contribution < -0.4 is 5.32 Å². The van der Waals surface area contributed by atoms with Gasteiger partial charge < -0.3 is 10.3 Å². The summed E-state index contributed by atoms with van der Waals surface area (Å²) in [6.45, 7) is 2.05. The summed E-state index contributed by atoms with van der Waals surface area (Å²) in [7, 11) is 0. The maximum Gasteiger partial charge on any atom is 0.224 e. The Balaban J connectivity index is 1.38. The molecule has 6 aromatic rings. The molecule has 188 valence electrons. The first-order valence-electron chi connectivity index (χ1n) is 12.4. The highest BCUT2D eigenvalue weighted by atomic mass is 19.1. The van der Waals surface area contributed by atoms with Crippen molar-refractivity contribution in [1.29, 1.82) is 0 Å². The third-order valence-electron chi connectivity index (χ3n) is 6.42. The topological polar surface area (TPSA) is 112 Å². The molecule has 0 saturated carbocycles. The summed E-state index contributed by atoms with van der Waals surface area (Å²) < 4.78 is 14.5. The molecule has 0 saturated heterocycles. The van der Waals surface area contributed by atoms with Gasteiger partial charge in [0.25, 0.3) is 0 Å². The number of pyridine rings is 3. The Morgan fingerprint density at radius 2 is 1.92 bits per heavy atom. The van der Waals surface area contributed by atoms with Crippen LogP contribution in [0.2, 0.25) is 0 Å². The number of hydrogen-bond donors (Lipinski definition) is 3. The molecule has 5 heterocycles. The van der Waals surface area contributed by atoms with Crippen molar-refractivity contribution in [3.8, 4) is 33.9 Å². The zero-order valence-corrected chi connectivity index (χ0v) is 20.6. The minimum atomic E-state index is -0.329. The molecule has 0 atom stereocenters. The predicted molar refractivity (Wildman–Crippen MR) is 146 cm³/mol. The molecule has 0 bridgehead atoms. The van der Waals surface area contributed by atoms with Crippen molar-refractivity contribution in [3.63, 3.8) is 0 Å². The van der Waals surface area contributed by atoms with Crippen molar-refractivity contribution in [2.45, 2.75) is 26.2 Å². The highest BCUT2D eigenvalue weighted by Crippen LogP contribution is 2.34. The Morgan fingerprint density at radius 1 is 1.03 bits per heavy atom. The molecule has 1 amide bonds. The Hall–Kier alpha value is -4.92. The fourth-order valence-corrected chi connectivity index (χ4v) is 4.51. The van der Waals surface area contributed by atoms with Crippen LogP contribution in [0.25, 0.3) is 55.8 Å². The molecule has 38 heavy (non-hydrogen) atoms. The number of fused-ring (bicyclic) bond motifs is 2. The van der Waals surface area contributed by atoms with Crippen LogP contribution in [0.15, 0.2) is 73.2 Å². The Labute approximate surface area is 217 Å². The van der Waals surface area contributed by atoms with E-state index in [0.29, 0.717) is 40.3 Å². The Bertz CT molecular complexity index is 1790. The lowest BCUT2D eigenvalue weighted by atomic mass is 10.1. The molecule has 1 aromatic carbocycles. The number of unbranched alkanes of at least 4 members (excludes halogenated alkanes) is 1. The standard InChI is InChI=1S/C29H24FN7O/c1-2-3-8-26(38)33-18-13-17(15-31-16-18)22-9-10-24-28(35-22)29(37-36-24)25-14-20-23(34-25)11-12-32-27(20)19-6-4-5-7-21(19)30/h4-7,9-16,34H,2-3,8H2,1H3,(H,33,38)(H,36,37). The van der Waals surface area contributed by atoms with Crippen molar-refractivity contribution >= 4 is 33.5 Å². The molecule has 0 aliphatic heterocycles. The predicted octanol–water partition coefficient (Wildman–Crippen LogP) is 6.50. The second kappa shape index (κ2) is 9.85. The number of benzene rings is 1. The average molecular weight is 506 g/mol. The summed E-state index contributed by atoms with van der Waals surface area (Å²) in [5.74, 6) is -0.362. The number of H-pyrrole nitrogens is 2. The lowest BCUT2D eigenvalue weighted by molar-refractivity contribution is -0.116. The molecule has 0 aliphatic carbocycles. The molecule has 0 spiro atoms. The van der Waals surface area contributed by atoms with Gasteiger partial charge in [0.05, 0.1) is 34.5 Å². The smallest absolute Gasteiger partial charge is 0.224 e. The Kier molecular flexibility index (Phi) is 6.09. The van der Waals surface area contributed by atoms with Crippen molar-refractivity contribution in [1.82, 2.24) is 30.1 Å². The molecule has 0 aliphatic rings. The minimum absolute atomic E-state index is 0.0330. The van der Waals surface area contributed by atoms with Crippen molar-refractivity contribution in [3.05, 3.63) is 79.0 Å². The van der Waals surface area contributed by atoms with Gasteiger partial charge in [-0.1, -0.05) is 25.5 Å². The quantitative estimate of drug-likeness (QED) is 0.229. The number of amides is 1. The first kappa shape index (κ1) is 23.5. The normalized spacial score (nSPS) is 11.3. The third kappa shape index (κ3) is 4.39. The van der Waals surface area contributed by atoms with Gasteiger partial charge in [-0.25, -0.2) is 9.37 Å². The molecule has 0 fully saturated rings. The van der Waals surface area contributed by atoms with Gasteiger partial charge in [-0.15, -0.1) is 0 Å². The summed E-state index contributed by atoms with van der Waals surface area (Å²) in [5, 5.41) is 11.3. The van der Waals surface area contributed by atoms with Gasteiger partial charge in [-0.2, -0.15) is 5.10 Å². The first-order chi connectivity index (χ1) is 18.6. The zero-order valence-electron chi connectivity index (χ0n) is 20.6. The minimum Gasteiger partial charge on any atom is -0.353 e. The number of rotatable bonds is 7. The lowest BCUT2D eigenvalue weighted by Crippen LogP contribution is -2.11. The van der Waals surface area contributed by atoms with E-state index in [1.165, 1.54) is 6.07 Å². The van der Waals surface area contributed by atoms with Crippen LogP contribution in [0, 0.1) is 5.82 Å². The van der Waals surface area contributed by atoms with Gasteiger partial charge in [0.15, 0.2) is 0 Å². The molecule has 5 aromatic heterocycles. The van der Waals surface area contributed by atoms with Gasteiger partial charge in [0.1, 0.15) is 17.0 Å². The summed E-state index contributed by atoms with van der Waals surface area (Å²) in [5.41, 5.74) is 6.71. The highest BCUT2D eigenvalue weighted by Gasteiger charge is 2.17. The number of aromatic nitrogens is 6. The average Bonchev–Trinajstić information content (AvgIpc) is 3.56. The fourth-order valence-electron chi connectivity index (χ4n) is 4.51. The number of halogens is 1.